The van der Waals surface area contributed by atoms with Gasteiger partial charge in [-0.1, -0.05) is 20.6 Å². The zero-order valence-electron chi connectivity index (χ0n) is 6.81. The first kappa shape index (κ1) is 17.0. The molecular weight excluding hydrogens is 158 g/mol. The number of hydrogen-bond donors (Lipinski definition) is 0. The molecule has 0 radical (unpaired) electrons. The highest BCUT2D eigenvalue weighted by Gasteiger charge is 2.07. The van der Waals surface area contributed by atoms with Gasteiger partial charge in [0, 0.05) is 0 Å². The van der Waals surface area contributed by atoms with E-state index in [0.717, 1.165) is 17.6 Å². The Morgan fingerprint density at radius 1 is 1.09 bits per heavy atom. The van der Waals surface area contributed by atoms with Crippen LogP contribution in [0.2, 0.25) is 0 Å². The van der Waals surface area contributed by atoms with E-state index in [1.54, 1.807) is 0 Å². The molecule has 0 heterocycles. The lowest BCUT2D eigenvalue weighted by atomic mass is 10.4. The largest absolute Gasteiger partial charge is 1.00 e. The molecule has 0 aliphatic rings. The van der Waals surface area contributed by atoms with Crippen LogP contribution in [-0.2, 0) is 0 Å². The van der Waals surface area contributed by atoms with Gasteiger partial charge in [-0.2, -0.15) is 0 Å². The van der Waals surface area contributed by atoms with Gasteiger partial charge in [-0.05, 0) is 12.2 Å². The van der Waals surface area contributed by atoms with Gasteiger partial charge in [0.25, 0.3) is 0 Å². The predicted octanol–water partition coefficient (Wildman–Crippen LogP) is -0.925. The first-order valence-corrected chi connectivity index (χ1v) is 3.16. The van der Waals surface area contributed by atoms with Gasteiger partial charge >= 0.3 is 0 Å². The SMILES string of the molecule is C.C=CC[N+](C)(C)CC=C.[Cl-]. The maximum Gasteiger partial charge on any atom is 0.0969 e. The first-order valence-electron chi connectivity index (χ1n) is 3.16. The topological polar surface area (TPSA) is 0 Å². The van der Waals surface area contributed by atoms with Gasteiger partial charge < -0.3 is 16.9 Å². The van der Waals surface area contributed by atoms with Crippen molar-refractivity contribution in [3.05, 3.63) is 25.3 Å². The van der Waals surface area contributed by atoms with E-state index in [4.69, 9.17) is 0 Å². The summed E-state index contributed by atoms with van der Waals surface area (Å²) >= 11 is 0. The fraction of sp³-hybridized carbons (Fsp3) is 0.556. The molecule has 0 atom stereocenters. The molecule has 11 heavy (non-hydrogen) atoms. The molecule has 0 bridgehead atoms. The number of nitrogens with zero attached hydrogens (tertiary/aromatic N) is 1. The summed E-state index contributed by atoms with van der Waals surface area (Å²) in [6.07, 6.45) is 3.87. The summed E-state index contributed by atoms with van der Waals surface area (Å²) < 4.78 is 0.951. The van der Waals surface area contributed by atoms with Crippen molar-refractivity contribution in [2.75, 3.05) is 27.2 Å². The van der Waals surface area contributed by atoms with Gasteiger partial charge in [-0.15, -0.1) is 0 Å². The maximum absolute atomic E-state index is 3.68. The summed E-state index contributed by atoms with van der Waals surface area (Å²) in [5, 5.41) is 0. The average Bonchev–Trinajstić information content (AvgIpc) is 1.64. The van der Waals surface area contributed by atoms with Crippen LogP contribution in [0.1, 0.15) is 7.43 Å². The van der Waals surface area contributed by atoms with E-state index in [1.807, 2.05) is 12.2 Å². The molecule has 1 nitrogen and oxygen atoms in total. The van der Waals surface area contributed by atoms with Crippen LogP contribution >= 0.6 is 0 Å². The molecule has 0 amide bonds. The van der Waals surface area contributed by atoms with Crippen molar-refractivity contribution in [1.29, 1.82) is 0 Å². The normalized spacial score (nSPS) is 8.91. The lowest BCUT2D eigenvalue weighted by Crippen LogP contribution is -3.00. The molecular formula is C9H20ClN. The fourth-order valence-electron chi connectivity index (χ4n) is 0.774. The van der Waals surface area contributed by atoms with Gasteiger partial charge in [0.2, 0.25) is 0 Å². The molecule has 0 saturated carbocycles. The minimum Gasteiger partial charge on any atom is -1.00 e. The highest BCUT2D eigenvalue weighted by atomic mass is 35.5. The van der Waals surface area contributed by atoms with Crippen molar-refractivity contribution in [2.45, 2.75) is 7.43 Å². The van der Waals surface area contributed by atoms with Crippen LogP contribution in [0.15, 0.2) is 25.3 Å². The summed E-state index contributed by atoms with van der Waals surface area (Å²) in [5.74, 6) is 0. The standard InChI is InChI=1S/C8H16N.CH4.ClH/c1-5-7-9(3,4)8-6-2;;/h5-6H,1-2,7-8H2,3-4H3;1H4;1H/q+1;;/p-1. The van der Waals surface area contributed by atoms with Crippen LogP contribution in [0.3, 0.4) is 0 Å². The molecule has 0 rings (SSSR count). The molecule has 0 aliphatic heterocycles. The Kier molecular flexibility index (Phi) is 12.1. The van der Waals surface area contributed by atoms with Gasteiger partial charge in [-0.3, -0.25) is 0 Å². The van der Waals surface area contributed by atoms with E-state index in [-0.39, 0.29) is 19.8 Å². The van der Waals surface area contributed by atoms with Gasteiger partial charge in [0.15, 0.2) is 0 Å². The highest BCUT2D eigenvalue weighted by Crippen LogP contribution is 1.95. The predicted molar refractivity (Wildman–Crippen MR) is 49.0 cm³/mol. The minimum atomic E-state index is 0. The van der Waals surface area contributed by atoms with Crippen LogP contribution in [0.4, 0.5) is 0 Å². The molecule has 0 aromatic carbocycles. The minimum absolute atomic E-state index is 0. The third kappa shape index (κ3) is 9.73. The third-order valence-electron chi connectivity index (χ3n) is 1.25. The van der Waals surface area contributed by atoms with E-state index in [9.17, 15) is 0 Å². The zero-order valence-corrected chi connectivity index (χ0v) is 7.56. The quantitative estimate of drug-likeness (QED) is 0.385. The molecule has 0 unspecified atom stereocenters. The summed E-state index contributed by atoms with van der Waals surface area (Å²) in [6.45, 7) is 9.37. The van der Waals surface area contributed by atoms with Crippen molar-refractivity contribution in [1.82, 2.24) is 0 Å². The molecule has 0 aliphatic carbocycles. The van der Waals surface area contributed by atoms with Crippen LogP contribution < -0.4 is 12.4 Å². The number of rotatable bonds is 4. The molecule has 2 heteroatoms. The van der Waals surface area contributed by atoms with E-state index < -0.39 is 0 Å². The summed E-state index contributed by atoms with van der Waals surface area (Å²) in [7, 11) is 4.31. The zero-order chi connectivity index (χ0) is 7.33. The van der Waals surface area contributed by atoms with Crippen molar-refractivity contribution in [3.63, 3.8) is 0 Å². The van der Waals surface area contributed by atoms with Crippen molar-refractivity contribution in [3.8, 4) is 0 Å². The number of hydrogen-bond acceptors (Lipinski definition) is 0. The summed E-state index contributed by atoms with van der Waals surface area (Å²) in [6, 6.07) is 0. The third-order valence-corrected chi connectivity index (χ3v) is 1.25. The summed E-state index contributed by atoms with van der Waals surface area (Å²) in [4.78, 5) is 0. The smallest absolute Gasteiger partial charge is 0.0969 e. The van der Waals surface area contributed by atoms with Crippen LogP contribution in [-0.4, -0.2) is 31.7 Å². The fourth-order valence-corrected chi connectivity index (χ4v) is 0.774. The van der Waals surface area contributed by atoms with Crippen LogP contribution in [0, 0.1) is 0 Å². The lowest BCUT2D eigenvalue weighted by Gasteiger charge is -2.26. The van der Waals surface area contributed by atoms with E-state index in [1.165, 1.54) is 0 Å². The lowest BCUT2D eigenvalue weighted by molar-refractivity contribution is -0.878. The Bertz CT molecular complexity index is 96.1. The van der Waals surface area contributed by atoms with Gasteiger partial charge in [0.05, 0.1) is 27.2 Å². The van der Waals surface area contributed by atoms with E-state index in [2.05, 4.69) is 27.3 Å². The molecule has 0 fully saturated rings. The monoisotopic (exact) mass is 177 g/mol. The molecule has 68 valence electrons. The van der Waals surface area contributed by atoms with Crippen LogP contribution in [0.25, 0.3) is 0 Å². The average molecular weight is 178 g/mol. The molecule has 0 saturated heterocycles. The highest BCUT2D eigenvalue weighted by molar-refractivity contribution is 4.69. The van der Waals surface area contributed by atoms with E-state index >= 15 is 0 Å². The second-order valence-electron chi connectivity index (χ2n) is 2.88. The Hall–Kier alpha value is -0.270. The van der Waals surface area contributed by atoms with E-state index in [0.29, 0.717) is 0 Å². The summed E-state index contributed by atoms with van der Waals surface area (Å²) in [5.41, 5.74) is 0. The Morgan fingerprint density at radius 3 is 1.55 bits per heavy atom. The van der Waals surface area contributed by atoms with Gasteiger partial charge in [-0.25, -0.2) is 0 Å². The Morgan fingerprint density at radius 2 is 1.36 bits per heavy atom. The molecule has 0 aromatic rings. The van der Waals surface area contributed by atoms with Crippen molar-refractivity contribution >= 4 is 0 Å². The number of likely N-dealkylation sites (N-methyl/N-ethyl adjacent to an activating group) is 1. The van der Waals surface area contributed by atoms with Crippen LogP contribution in [0.5, 0.6) is 0 Å². The second kappa shape index (κ2) is 7.83. The Balaban J connectivity index is -0.000000320. The van der Waals surface area contributed by atoms with Crippen molar-refractivity contribution < 1.29 is 16.9 Å². The molecule has 0 N–H and O–H groups in total. The maximum atomic E-state index is 3.68. The Labute approximate surface area is 77.4 Å². The molecule has 0 aromatic heterocycles. The number of quaternary nitrogens is 1. The molecule has 0 spiro atoms. The van der Waals surface area contributed by atoms with Gasteiger partial charge in [0.1, 0.15) is 0 Å². The van der Waals surface area contributed by atoms with Crippen molar-refractivity contribution in [2.24, 2.45) is 0 Å². The number of halogens is 1. The second-order valence-corrected chi connectivity index (χ2v) is 2.88. The first-order chi connectivity index (χ1) is 4.12.